The summed E-state index contributed by atoms with van der Waals surface area (Å²) in [5, 5.41) is 0. The number of nitrogens with zero attached hydrogens (tertiary/aromatic N) is 2. The second-order valence-corrected chi connectivity index (χ2v) is 14.1. The van der Waals surface area contributed by atoms with Crippen LogP contribution in [0.25, 0.3) is 22.5 Å². The third-order valence-electron chi connectivity index (χ3n) is 6.01. The summed E-state index contributed by atoms with van der Waals surface area (Å²) in [5.41, 5.74) is 15.6. The number of nitrogens with one attached hydrogen (secondary N) is 2. The topological polar surface area (TPSA) is 232 Å². The second kappa shape index (κ2) is 13.4. The van der Waals surface area contributed by atoms with Crippen molar-refractivity contribution in [1.29, 1.82) is 0 Å². The number of hydrogen-bond donors (Lipinski definition) is 6. The van der Waals surface area contributed by atoms with Gasteiger partial charge in [-0.1, -0.05) is 71.5 Å². The Morgan fingerprint density at radius 2 is 1.17 bits per heavy atom. The molecule has 0 aliphatic rings. The van der Waals surface area contributed by atoms with Gasteiger partial charge in [-0.3, -0.25) is 4.57 Å². The van der Waals surface area contributed by atoms with E-state index >= 15 is 0 Å². The zero-order valence-electron chi connectivity index (χ0n) is 23.5. The molecule has 42 heavy (non-hydrogen) atoms. The second-order valence-electron chi connectivity index (χ2n) is 10.3. The van der Waals surface area contributed by atoms with Crippen LogP contribution in [0.15, 0.2) is 60.9 Å². The molecular formula is C26H34N6O7P2S-2. The van der Waals surface area contributed by atoms with E-state index in [0.29, 0.717) is 11.6 Å². The molecule has 4 rings (SSSR count). The summed E-state index contributed by atoms with van der Waals surface area (Å²) in [6, 6.07) is 15.8. The Labute approximate surface area is 248 Å². The number of aromatic nitrogens is 4. The molecule has 0 bridgehead atoms. The van der Waals surface area contributed by atoms with Gasteiger partial charge < -0.3 is 50.1 Å². The molecule has 2 heterocycles. The van der Waals surface area contributed by atoms with E-state index in [0.717, 1.165) is 28.1 Å². The molecule has 2 aromatic carbocycles. The third kappa shape index (κ3) is 10.3. The Hall–Kier alpha value is -2.58. The molecule has 16 heteroatoms. The predicted octanol–water partition coefficient (Wildman–Crippen LogP) is 2.19. The van der Waals surface area contributed by atoms with Crippen molar-refractivity contribution in [1.82, 2.24) is 19.9 Å². The van der Waals surface area contributed by atoms with Crippen LogP contribution in [-0.2, 0) is 36.5 Å². The monoisotopic (exact) mass is 636 g/mol. The number of benzene rings is 2. The Balaban J connectivity index is 0.000000230. The minimum Gasteiger partial charge on any atom is -0.780 e. The van der Waals surface area contributed by atoms with Crippen molar-refractivity contribution >= 4 is 26.3 Å². The summed E-state index contributed by atoms with van der Waals surface area (Å²) in [6.45, 7) is 2.62. The first-order valence-electron chi connectivity index (χ1n) is 12.5. The predicted molar refractivity (Wildman–Crippen MR) is 159 cm³/mol. The lowest BCUT2D eigenvalue weighted by Crippen LogP contribution is -2.39. The van der Waals surface area contributed by atoms with Crippen LogP contribution in [-0.4, -0.2) is 42.9 Å². The fourth-order valence-corrected chi connectivity index (χ4v) is 4.57. The van der Waals surface area contributed by atoms with Gasteiger partial charge in [-0.05, 0) is 38.8 Å². The van der Waals surface area contributed by atoms with Crippen LogP contribution in [0.5, 0.6) is 0 Å². The lowest BCUT2D eigenvalue weighted by molar-refractivity contribution is -0.221. The van der Waals surface area contributed by atoms with Gasteiger partial charge in [0.05, 0.1) is 48.1 Å². The van der Waals surface area contributed by atoms with Crippen molar-refractivity contribution in [3.8, 4) is 22.5 Å². The Morgan fingerprint density at radius 3 is 1.50 bits per heavy atom. The molecular weight excluding hydrogens is 602 g/mol. The first-order valence-corrected chi connectivity index (χ1v) is 16.6. The molecule has 0 aliphatic carbocycles. The van der Waals surface area contributed by atoms with E-state index in [1.54, 1.807) is 26.2 Å². The van der Waals surface area contributed by atoms with Crippen molar-refractivity contribution in [3.05, 3.63) is 83.7 Å². The molecule has 4 aromatic rings. The molecule has 0 saturated heterocycles. The Bertz CT molecular complexity index is 1440. The van der Waals surface area contributed by atoms with E-state index in [2.05, 4.69) is 36.3 Å². The summed E-state index contributed by atoms with van der Waals surface area (Å²) in [4.78, 5) is 53.8. The normalized spacial score (nSPS) is 17.2. The first kappa shape index (κ1) is 33.9. The van der Waals surface area contributed by atoms with Crippen LogP contribution >= 0.6 is 14.5 Å². The van der Waals surface area contributed by atoms with E-state index < -0.39 is 32.2 Å². The van der Waals surface area contributed by atoms with Gasteiger partial charge in [0.15, 0.2) is 0 Å². The number of phosphoric acid groups is 1. The zero-order chi connectivity index (χ0) is 31.3. The van der Waals surface area contributed by atoms with Gasteiger partial charge in [0.25, 0.3) is 7.82 Å². The maximum Gasteiger partial charge on any atom is 0.265 e. The highest BCUT2D eigenvalue weighted by molar-refractivity contribution is 8.06. The quantitative estimate of drug-likeness (QED) is 0.138. The molecule has 0 saturated carbocycles. The first-order chi connectivity index (χ1) is 19.3. The highest BCUT2D eigenvalue weighted by Crippen LogP contribution is 2.34. The van der Waals surface area contributed by atoms with Crippen molar-refractivity contribution in [2.45, 2.75) is 38.8 Å². The number of hydrogen-bond acceptors (Lipinski definition) is 10. The smallest absolute Gasteiger partial charge is 0.265 e. The SMILES string of the molecule is Cc1ccc(-c2cnc(C(C)(N)COP(=O)([O-])O)[nH]2)cc1.Cc1ccc(-c2cnc(C(C)(N)COP([O-])(O)=S)[nH]2)cc1. The summed E-state index contributed by atoms with van der Waals surface area (Å²) >= 11 is 4.30. The van der Waals surface area contributed by atoms with Gasteiger partial charge in [0, 0.05) is 0 Å². The maximum absolute atomic E-state index is 11.0. The lowest BCUT2D eigenvalue weighted by atomic mass is 10.1. The molecule has 0 fully saturated rings. The third-order valence-corrected chi connectivity index (χ3v) is 7.24. The minimum absolute atomic E-state index is 0.203. The van der Waals surface area contributed by atoms with E-state index in [9.17, 15) is 14.4 Å². The van der Waals surface area contributed by atoms with E-state index in [-0.39, 0.29) is 6.61 Å². The molecule has 228 valence electrons. The summed E-state index contributed by atoms with van der Waals surface area (Å²) < 4.78 is 19.7. The average molecular weight is 637 g/mol. The largest absolute Gasteiger partial charge is 0.780 e. The minimum atomic E-state index is -4.81. The van der Waals surface area contributed by atoms with E-state index in [1.165, 1.54) is 5.56 Å². The number of rotatable bonds is 10. The molecule has 0 aliphatic heterocycles. The maximum atomic E-state index is 11.0. The number of aryl methyl sites for hydroxylation is 2. The van der Waals surface area contributed by atoms with Crippen molar-refractivity contribution < 1.29 is 33.2 Å². The van der Waals surface area contributed by atoms with Gasteiger partial charge in [-0.2, -0.15) is 0 Å². The molecule has 0 spiro atoms. The van der Waals surface area contributed by atoms with Crippen molar-refractivity contribution in [3.63, 3.8) is 0 Å². The number of H-pyrrole nitrogens is 2. The van der Waals surface area contributed by atoms with Crippen molar-refractivity contribution in [2.75, 3.05) is 13.2 Å². The van der Waals surface area contributed by atoms with Crippen LogP contribution in [0.1, 0.15) is 36.6 Å². The van der Waals surface area contributed by atoms with Crippen LogP contribution in [0.2, 0.25) is 0 Å². The van der Waals surface area contributed by atoms with E-state index in [1.807, 2.05) is 62.4 Å². The number of imidazole rings is 2. The zero-order valence-corrected chi connectivity index (χ0v) is 26.1. The molecule has 4 atom stereocenters. The fraction of sp³-hybridized carbons (Fsp3) is 0.308. The number of phosphoric ester groups is 1. The highest BCUT2D eigenvalue weighted by Gasteiger charge is 2.28. The average Bonchev–Trinajstić information content (AvgIpc) is 3.59. The highest BCUT2D eigenvalue weighted by atomic mass is 32.5. The van der Waals surface area contributed by atoms with Gasteiger partial charge in [-0.25, -0.2) is 9.97 Å². The molecule has 0 radical (unpaired) electrons. The molecule has 13 nitrogen and oxygen atoms in total. The molecule has 0 amide bonds. The summed E-state index contributed by atoms with van der Waals surface area (Å²) in [5.74, 6) is 0.827. The van der Waals surface area contributed by atoms with Crippen molar-refractivity contribution in [2.24, 2.45) is 11.5 Å². The van der Waals surface area contributed by atoms with Crippen LogP contribution in [0, 0.1) is 13.8 Å². The molecule has 2 aromatic heterocycles. The number of aromatic amines is 2. The standard InChI is InChI=1S/C13H18N3O4P.C13H18N3O3PS/c1-9-3-5-10(6-4-9)11-7-15-12(16-11)13(2,14)8-20-21(17,18)19;1-9-3-5-10(6-4-9)11-7-15-12(16-11)13(2,14)8-19-20(17,18)21/h3-7H,8,14H2,1-2H3,(H,15,16)(H2,17,18,19);3-7H,8,14H2,1-2H3,(H,15,16)(H2,17,18,21)/p-2. The van der Waals surface area contributed by atoms with Crippen LogP contribution < -0.4 is 21.3 Å². The van der Waals surface area contributed by atoms with Gasteiger partial charge >= 0.3 is 0 Å². The fourth-order valence-electron chi connectivity index (χ4n) is 3.55. The Morgan fingerprint density at radius 1 is 0.810 bits per heavy atom. The van der Waals surface area contributed by atoms with Gasteiger partial charge in [0.2, 0.25) is 0 Å². The summed E-state index contributed by atoms with van der Waals surface area (Å²) in [7, 11) is -4.81. The number of nitrogens with two attached hydrogens (primary N) is 2. The lowest BCUT2D eigenvalue weighted by Gasteiger charge is -2.27. The van der Waals surface area contributed by atoms with Gasteiger partial charge in [-0.15, -0.1) is 0 Å². The van der Waals surface area contributed by atoms with Crippen LogP contribution in [0.3, 0.4) is 0 Å². The van der Waals surface area contributed by atoms with E-state index in [4.69, 9.17) is 25.8 Å². The van der Waals surface area contributed by atoms with Gasteiger partial charge in [0.1, 0.15) is 18.4 Å². The summed E-state index contributed by atoms with van der Waals surface area (Å²) in [6.07, 6.45) is 3.28. The Kier molecular flexibility index (Phi) is 10.8. The van der Waals surface area contributed by atoms with Crippen LogP contribution in [0.4, 0.5) is 0 Å². The molecule has 4 unspecified atom stereocenters. The molecule has 8 N–H and O–H groups in total.